The Hall–Kier alpha value is -1.47. The van der Waals surface area contributed by atoms with Crippen molar-refractivity contribution in [1.29, 1.82) is 0 Å². The van der Waals surface area contributed by atoms with Crippen LogP contribution in [0.25, 0.3) is 0 Å². The molecule has 0 heterocycles. The highest BCUT2D eigenvalue weighted by Gasteiger charge is 2.21. The molecule has 0 unspecified atom stereocenters. The van der Waals surface area contributed by atoms with Gasteiger partial charge in [-0.3, -0.25) is 4.79 Å². The lowest BCUT2D eigenvalue weighted by molar-refractivity contribution is -0.127. The molecule has 0 spiro atoms. The van der Waals surface area contributed by atoms with Gasteiger partial charge >= 0.3 is 0 Å². The quantitative estimate of drug-likeness (QED) is 0.769. The molecule has 0 aromatic heterocycles. The first kappa shape index (κ1) is 15.6. The van der Waals surface area contributed by atoms with Crippen LogP contribution >= 0.6 is 0 Å². The molecular weight excluding hydrogens is 271 g/mol. The third kappa shape index (κ3) is 4.60. The fourth-order valence-electron chi connectivity index (χ4n) is 1.45. The van der Waals surface area contributed by atoms with E-state index < -0.39 is 27.3 Å². The van der Waals surface area contributed by atoms with Crippen molar-refractivity contribution >= 4 is 15.7 Å². The number of carbonyl (C=O) groups excluding carboxylic acids is 1. The standard InChI is InChI=1S/C12H17FN2O3S/c1-15(8-2-7-14)12(16)9-19(17,18)11-5-3-10(13)4-6-11/h3-6H,2,7-9,14H2,1H3. The van der Waals surface area contributed by atoms with Crippen LogP contribution in [0.2, 0.25) is 0 Å². The number of sulfone groups is 1. The second-order valence-corrected chi connectivity index (χ2v) is 6.16. The second-order valence-electron chi connectivity index (χ2n) is 4.17. The van der Waals surface area contributed by atoms with E-state index >= 15 is 0 Å². The van der Waals surface area contributed by atoms with Gasteiger partial charge in [-0.05, 0) is 37.2 Å². The molecule has 1 amide bonds. The van der Waals surface area contributed by atoms with E-state index in [1.54, 1.807) is 0 Å². The predicted molar refractivity (Wildman–Crippen MR) is 69.8 cm³/mol. The molecule has 106 valence electrons. The van der Waals surface area contributed by atoms with Gasteiger partial charge in [-0.15, -0.1) is 0 Å². The minimum atomic E-state index is -3.74. The number of nitrogens with zero attached hydrogens (tertiary/aromatic N) is 1. The summed E-state index contributed by atoms with van der Waals surface area (Å²) in [5, 5.41) is 0. The van der Waals surface area contributed by atoms with Crippen LogP contribution in [-0.4, -0.2) is 45.1 Å². The summed E-state index contributed by atoms with van der Waals surface area (Å²) < 4.78 is 36.6. The zero-order chi connectivity index (χ0) is 14.5. The van der Waals surface area contributed by atoms with Gasteiger partial charge in [0.15, 0.2) is 9.84 Å². The van der Waals surface area contributed by atoms with Gasteiger partial charge in [0, 0.05) is 13.6 Å². The first-order valence-corrected chi connectivity index (χ1v) is 7.44. The average molecular weight is 288 g/mol. The van der Waals surface area contributed by atoms with Gasteiger partial charge < -0.3 is 10.6 Å². The Morgan fingerprint density at radius 2 is 1.89 bits per heavy atom. The van der Waals surface area contributed by atoms with Crippen LogP contribution in [0.1, 0.15) is 6.42 Å². The van der Waals surface area contributed by atoms with Gasteiger partial charge in [0.25, 0.3) is 0 Å². The summed E-state index contributed by atoms with van der Waals surface area (Å²) in [6.07, 6.45) is 0.610. The zero-order valence-corrected chi connectivity index (χ0v) is 11.5. The Morgan fingerprint density at radius 1 is 1.32 bits per heavy atom. The number of halogens is 1. The molecule has 2 N–H and O–H groups in total. The van der Waals surface area contributed by atoms with Gasteiger partial charge in [-0.2, -0.15) is 0 Å². The number of nitrogens with two attached hydrogens (primary N) is 1. The monoisotopic (exact) mass is 288 g/mol. The van der Waals surface area contributed by atoms with Crippen LogP contribution in [0.5, 0.6) is 0 Å². The van der Waals surface area contributed by atoms with E-state index in [9.17, 15) is 17.6 Å². The Kier molecular flexibility index (Phi) is 5.44. The first-order chi connectivity index (χ1) is 8.86. The number of amides is 1. The normalized spacial score (nSPS) is 11.3. The first-order valence-electron chi connectivity index (χ1n) is 5.79. The van der Waals surface area contributed by atoms with Crippen molar-refractivity contribution in [3.05, 3.63) is 30.1 Å². The van der Waals surface area contributed by atoms with E-state index in [-0.39, 0.29) is 4.90 Å². The third-order valence-electron chi connectivity index (χ3n) is 2.61. The molecular formula is C12H17FN2O3S. The van der Waals surface area contributed by atoms with E-state index in [4.69, 9.17) is 5.73 Å². The molecule has 0 atom stereocenters. The number of hydrogen-bond donors (Lipinski definition) is 1. The largest absolute Gasteiger partial charge is 0.345 e. The molecule has 7 heteroatoms. The van der Waals surface area contributed by atoms with E-state index in [1.807, 2.05) is 0 Å². The van der Waals surface area contributed by atoms with Crippen molar-refractivity contribution in [2.75, 3.05) is 25.9 Å². The summed E-state index contributed by atoms with van der Waals surface area (Å²) in [4.78, 5) is 13.0. The molecule has 0 aliphatic heterocycles. The van der Waals surface area contributed by atoms with Gasteiger partial charge in [-0.25, -0.2) is 12.8 Å². The van der Waals surface area contributed by atoms with Crippen molar-refractivity contribution in [1.82, 2.24) is 4.90 Å². The lowest BCUT2D eigenvalue weighted by Gasteiger charge is -2.16. The smallest absolute Gasteiger partial charge is 0.237 e. The molecule has 0 saturated carbocycles. The van der Waals surface area contributed by atoms with Gasteiger partial charge in [0.2, 0.25) is 5.91 Å². The van der Waals surface area contributed by atoms with Crippen LogP contribution in [-0.2, 0) is 14.6 Å². The highest BCUT2D eigenvalue weighted by atomic mass is 32.2. The molecule has 0 bridgehead atoms. The number of hydrogen-bond acceptors (Lipinski definition) is 4. The second kappa shape index (κ2) is 6.63. The van der Waals surface area contributed by atoms with Gasteiger partial charge in [-0.1, -0.05) is 0 Å². The Labute approximate surface area is 112 Å². The third-order valence-corrected chi connectivity index (χ3v) is 4.23. The summed E-state index contributed by atoms with van der Waals surface area (Å²) in [5.41, 5.74) is 5.32. The Morgan fingerprint density at radius 3 is 2.42 bits per heavy atom. The maximum absolute atomic E-state index is 12.7. The SMILES string of the molecule is CN(CCCN)C(=O)CS(=O)(=O)c1ccc(F)cc1. The minimum absolute atomic E-state index is 0.0607. The van der Waals surface area contributed by atoms with Crippen molar-refractivity contribution in [3.63, 3.8) is 0 Å². The van der Waals surface area contributed by atoms with Crippen LogP contribution in [0, 0.1) is 5.82 Å². The van der Waals surface area contributed by atoms with Crippen molar-refractivity contribution in [3.8, 4) is 0 Å². The molecule has 0 aliphatic carbocycles. The zero-order valence-electron chi connectivity index (χ0n) is 10.7. The summed E-state index contributed by atoms with van der Waals surface area (Å²) in [7, 11) is -2.21. The summed E-state index contributed by atoms with van der Waals surface area (Å²) in [5.74, 6) is -1.65. The maximum Gasteiger partial charge on any atom is 0.237 e. The van der Waals surface area contributed by atoms with Crippen molar-refractivity contribution in [2.24, 2.45) is 5.73 Å². The molecule has 19 heavy (non-hydrogen) atoms. The molecule has 0 aliphatic rings. The van der Waals surface area contributed by atoms with Crippen LogP contribution in [0.15, 0.2) is 29.2 Å². The molecule has 1 aromatic rings. The van der Waals surface area contributed by atoms with E-state index in [2.05, 4.69) is 0 Å². The Bertz CT molecular complexity index is 528. The highest BCUT2D eigenvalue weighted by Crippen LogP contribution is 2.12. The highest BCUT2D eigenvalue weighted by molar-refractivity contribution is 7.92. The van der Waals surface area contributed by atoms with E-state index in [0.29, 0.717) is 19.5 Å². The molecule has 0 saturated heterocycles. The van der Waals surface area contributed by atoms with Crippen molar-refractivity contribution in [2.45, 2.75) is 11.3 Å². The summed E-state index contributed by atoms with van der Waals surface area (Å²) in [6.45, 7) is 0.844. The number of rotatable bonds is 6. The van der Waals surface area contributed by atoms with Crippen molar-refractivity contribution < 1.29 is 17.6 Å². The van der Waals surface area contributed by atoms with Gasteiger partial charge in [0.05, 0.1) is 4.90 Å². The number of carbonyl (C=O) groups is 1. The predicted octanol–water partition coefficient (Wildman–Crippen LogP) is 0.407. The molecule has 5 nitrogen and oxygen atoms in total. The minimum Gasteiger partial charge on any atom is -0.345 e. The molecule has 1 aromatic carbocycles. The maximum atomic E-state index is 12.7. The lowest BCUT2D eigenvalue weighted by atomic mass is 10.4. The Balaban J connectivity index is 2.74. The molecule has 0 fully saturated rings. The van der Waals surface area contributed by atoms with Crippen LogP contribution in [0.3, 0.4) is 0 Å². The number of benzene rings is 1. The van der Waals surface area contributed by atoms with Crippen LogP contribution < -0.4 is 5.73 Å². The summed E-state index contributed by atoms with van der Waals surface area (Å²) >= 11 is 0. The van der Waals surface area contributed by atoms with E-state index in [1.165, 1.54) is 11.9 Å². The van der Waals surface area contributed by atoms with Gasteiger partial charge in [0.1, 0.15) is 11.6 Å². The van der Waals surface area contributed by atoms with E-state index in [0.717, 1.165) is 24.3 Å². The average Bonchev–Trinajstić information content (AvgIpc) is 2.35. The molecule has 0 radical (unpaired) electrons. The lowest BCUT2D eigenvalue weighted by Crippen LogP contribution is -2.34. The van der Waals surface area contributed by atoms with Crippen LogP contribution in [0.4, 0.5) is 4.39 Å². The summed E-state index contributed by atoms with van der Waals surface area (Å²) in [6, 6.07) is 4.40. The fraction of sp³-hybridized carbons (Fsp3) is 0.417. The topological polar surface area (TPSA) is 80.5 Å². The molecule has 1 rings (SSSR count). The fourth-order valence-corrected chi connectivity index (χ4v) is 2.71.